The van der Waals surface area contributed by atoms with Gasteiger partial charge in [-0.2, -0.15) is 0 Å². The fourth-order valence-corrected chi connectivity index (χ4v) is 2.43. The third kappa shape index (κ3) is 4.04. The van der Waals surface area contributed by atoms with Crippen LogP contribution in [0.5, 0.6) is 5.75 Å². The van der Waals surface area contributed by atoms with Crippen LogP contribution in [0.15, 0.2) is 29.6 Å². The summed E-state index contributed by atoms with van der Waals surface area (Å²) in [5, 5.41) is 5.57. The lowest BCUT2D eigenvalue weighted by Crippen LogP contribution is -2.14. The number of hydrogen-bond acceptors (Lipinski definition) is 5. The lowest BCUT2D eigenvalue weighted by atomic mass is 10.2. The molecule has 1 N–H and O–H groups in total. The quantitative estimate of drug-likeness (QED) is 0.888. The van der Waals surface area contributed by atoms with Crippen LogP contribution in [0.4, 0.5) is 5.69 Å². The van der Waals surface area contributed by atoms with Gasteiger partial charge in [0.1, 0.15) is 10.8 Å². The molecule has 1 amide bonds. The number of anilines is 1. The molecule has 0 saturated heterocycles. The van der Waals surface area contributed by atoms with Crippen molar-refractivity contribution in [3.8, 4) is 5.75 Å². The van der Waals surface area contributed by atoms with Gasteiger partial charge in [-0.1, -0.05) is 0 Å². The van der Waals surface area contributed by atoms with Crippen molar-refractivity contribution in [1.29, 1.82) is 0 Å². The molecular formula is C14H16N2O3S. The largest absolute Gasteiger partial charge is 0.497 e. The van der Waals surface area contributed by atoms with Gasteiger partial charge in [0, 0.05) is 18.2 Å². The zero-order valence-electron chi connectivity index (χ0n) is 11.4. The normalized spacial score (nSPS) is 10.3. The second kappa shape index (κ2) is 7.02. The second-order valence-corrected chi connectivity index (χ2v) is 5.06. The first kappa shape index (κ1) is 14.5. The summed E-state index contributed by atoms with van der Waals surface area (Å²) in [7, 11) is 3.23. The number of amides is 1. The number of benzene rings is 1. The highest BCUT2D eigenvalue weighted by molar-refractivity contribution is 7.09. The molecule has 0 radical (unpaired) electrons. The SMILES string of the molecule is COCc1nc(CC(=O)Nc2ccc(OC)cc2)cs1. The maximum atomic E-state index is 11.9. The lowest BCUT2D eigenvalue weighted by Gasteiger charge is -2.05. The molecule has 1 aromatic carbocycles. The maximum Gasteiger partial charge on any atom is 0.230 e. The van der Waals surface area contributed by atoms with Crippen molar-refractivity contribution < 1.29 is 14.3 Å². The molecule has 0 saturated carbocycles. The van der Waals surface area contributed by atoms with E-state index in [-0.39, 0.29) is 12.3 Å². The van der Waals surface area contributed by atoms with Crippen molar-refractivity contribution in [1.82, 2.24) is 4.98 Å². The number of ether oxygens (including phenoxy) is 2. The highest BCUT2D eigenvalue weighted by Gasteiger charge is 2.08. The average molecular weight is 292 g/mol. The van der Waals surface area contributed by atoms with E-state index < -0.39 is 0 Å². The number of thiazole rings is 1. The Labute approximate surface area is 121 Å². The van der Waals surface area contributed by atoms with Crippen molar-refractivity contribution >= 4 is 22.9 Å². The van der Waals surface area contributed by atoms with Gasteiger partial charge in [0.2, 0.25) is 5.91 Å². The van der Waals surface area contributed by atoms with Gasteiger partial charge in [-0.05, 0) is 24.3 Å². The van der Waals surface area contributed by atoms with E-state index in [1.165, 1.54) is 11.3 Å². The van der Waals surface area contributed by atoms with E-state index in [9.17, 15) is 4.79 Å². The number of carbonyl (C=O) groups is 1. The number of methoxy groups -OCH3 is 2. The van der Waals surface area contributed by atoms with Gasteiger partial charge >= 0.3 is 0 Å². The lowest BCUT2D eigenvalue weighted by molar-refractivity contribution is -0.115. The van der Waals surface area contributed by atoms with Crippen molar-refractivity contribution in [2.75, 3.05) is 19.5 Å². The molecule has 2 rings (SSSR count). The Morgan fingerprint density at radius 1 is 1.30 bits per heavy atom. The topological polar surface area (TPSA) is 60.5 Å². The Balaban J connectivity index is 1.90. The molecule has 20 heavy (non-hydrogen) atoms. The van der Waals surface area contributed by atoms with Crippen LogP contribution in [-0.4, -0.2) is 25.1 Å². The number of aromatic nitrogens is 1. The van der Waals surface area contributed by atoms with E-state index in [1.54, 1.807) is 38.5 Å². The van der Waals surface area contributed by atoms with Crippen molar-refractivity contribution in [2.45, 2.75) is 13.0 Å². The van der Waals surface area contributed by atoms with E-state index in [0.717, 1.165) is 22.1 Å². The van der Waals surface area contributed by atoms with Crippen LogP contribution < -0.4 is 10.1 Å². The van der Waals surface area contributed by atoms with Crippen molar-refractivity contribution in [3.63, 3.8) is 0 Å². The molecule has 0 unspecified atom stereocenters. The van der Waals surface area contributed by atoms with E-state index in [4.69, 9.17) is 9.47 Å². The van der Waals surface area contributed by atoms with Gasteiger partial charge in [0.25, 0.3) is 0 Å². The fraction of sp³-hybridized carbons (Fsp3) is 0.286. The minimum atomic E-state index is -0.0931. The van der Waals surface area contributed by atoms with E-state index in [1.807, 2.05) is 5.38 Å². The summed E-state index contributed by atoms with van der Waals surface area (Å²) in [6.07, 6.45) is 0.256. The van der Waals surface area contributed by atoms with Crippen LogP contribution in [0.3, 0.4) is 0 Å². The number of rotatable bonds is 6. The molecule has 0 aliphatic rings. The summed E-state index contributed by atoms with van der Waals surface area (Å²) >= 11 is 1.49. The zero-order chi connectivity index (χ0) is 14.4. The standard InChI is InChI=1S/C14H16N2O3S/c1-18-8-14-16-11(9-20-14)7-13(17)15-10-3-5-12(19-2)6-4-10/h3-6,9H,7-8H2,1-2H3,(H,15,17). The van der Waals surface area contributed by atoms with Gasteiger partial charge in [-0.25, -0.2) is 4.98 Å². The number of nitrogens with one attached hydrogen (secondary N) is 1. The molecule has 6 heteroatoms. The molecule has 0 spiro atoms. The average Bonchev–Trinajstić information content (AvgIpc) is 2.87. The molecule has 1 heterocycles. The molecular weight excluding hydrogens is 276 g/mol. The summed E-state index contributed by atoms with van der Waals surface area (Å²) in [4.78, 5) is 16.2. The Morgan fingerprint density at radius 3 is 2.70 bits per heavy atom. The van der Waals surface area contributed by atoms with Gasteiger partial charge in [-0.15, -0.1) is 11.3 Å². The molecule has 106 valence electrons. The first-order valence-corrected chi connectivity index (χ1v) is 6.95. The van der Waals surface area contributed by atoms with Crippen LogP contribution in [0.2, 0.25) is 0 Å². The fourth-order valence-electron chi connectivity index (χ4n) is 1.66. The van der Waals surface area contributed by atoms with E-state index in [2.05, 4.69) is 10.3 Å². The van der Waals surface area contributed by atoms with Gasteiger partial charge in [0.15, 0.2) is 0 Å². The Kier molecular flexibility index (Phi) is 5.09. The number of nitrogens with zero attached hydrogens (tertiary/aromatic N) is 1. The molecule has 0 fully saturated rings. The van der Waals surface area contributed by atoms with Gasteiger partial charge < -0.3 is 14.8 Å². The smallest absolute Gasteiger partial charge is 0.230 e. The van der Waals surface area contributed by atoms with Crippen molar-refractivity contribution in [2.24, 2.45) is 0 Å². The summed E-state index contributed by atoms with van der Waals surface area (Å²) in [5.74, 6) is 0.663. The minimum Gasteiger partial charge on any atom is -0.497 e. The first-order chi connectivity index (χ1) is 9.71. The third-order valence-electron chi connectivity index (χ3n) is 2.58. The van der Waals surface area contributed by atoms with Gasteiger partial charge in [-0.3, -0.25) is 4.79 Å². The molecule has 0 atom stereocenters. The second-order valence-electron chi connectivity index (χ2n) is 4.12. The van der Waals surface area contributed by atoms with Gasteiger partial charge in [0.05, 0.1) is 25.8 Å². The Hall–Kier alpha value is -1.92. The van der Waals surface area contributed by atoms with Crippen LogP contribution in [-0.2, 0) is 22.6 Å². The Bertz CT molecular complexity index is 566. The third-order valence-corrected chi connectivity index (χ3v) is 3.45. The predicted octanol–water partition coefficient (Wildman–Crippen LogP) is 2.48. The summed E-state index contributed by atoms with van der Waals surface area (Å²) in [6.45, 7) is 0.477. The molecule has 1 aromatic heterocycles. The summed E-state index contributed by atoms with van der Waals surface area (Å²) < 4.78 is 10.1. The predicted molar refractivity (Wildman–Crippen MR) is 78.2 cm³/mol. The number of hydrogen-bond donors (Lipinski definition) is 1. The highest BCUT2D eigenvalue weighted by atomic mass is 32.1. The molecule has 0 aliphatic heterocycles. The number of carbonyl (C=O) groups excluding carboxylic acids is 1. The molecule has 5 nitrogen and oxygen atoms in total. The summed E-state index contributed by atoms with van der Waals surface area (Å²) in [5.41, 5.74) is 1.50. The highest BCUT2D eigenvalue weighted by Crippen LogP contribution is 2.16. The molecule has 0 aliphatic carbocycles. The minimum absolute atomic E-state index is 0.0931. The molecule has 2 aromatic rings. The first-order valence-electron chi connectivity index (χ1n) is 6.07. The zero-order valence-corrected chi connectivity index (χ0v) is 12.2. The molecule has 0 bridgehead atoms. The van der Waals surface area contributed by atoms with Crippen LogP contribution in [0.25, 0.3) is 0 Å². The van der Waals surface area contributed by atoms with E-state index >= 15 is 0 Å². The van der Waals surface area contributed by atoms with E-state index in [0.29, 0.717) is 6.61 Å². The van der Waals surface area contributed by atoms with Crippen LogP contribution in [0.1, 0.15) is 10.7 Å². The van der Waals surface area contributed by atoms with Crippen LogP contribution >= 0.6 is 11.3 Å². The summed E-state index contributed by atoms with van der Waals surface area (Å²) in [6, 6.07) is 7.20. The Morgan fingerprint density at radius 2 is 2.05 bits per heavy atom. The maximum absolute atomic E-state index is 11.9. The van der Waals surface area contributed by atoms with Crippen molar-refractivity contribution in [3.05, 3.63) is 40.3 Å². The van der Waals surface area contributed by atoms with Crippen LogP contribution in [0, 0.1) is 0 Å². The monoisotopic (exact) mass is 292 g/mol.